The summed E-state index contributed by atoms with van der Waals surface area (Å²) in [6.45, 7) is 11.7. The van der Waals surface area contributed by atoms with Crippen molar-refractivity contribution in [2.45, 2.75) is 53.6 Å². The fourth-order valence-electron chi connectivity index (χ4n) is 3.75. The molecule has 3 rings (SSSR count). The highest BCUT2D eigenvalue weighted by atomic mass is 16.1. The fraction of sp³-hybridized carbons (Fsp3) is 0.417. The number of hydrogen-bond acceptors (Lipinski definition) is 2. The van der Waals surface area contributed by atoms with Gasteiger partial charge in [-0.25, -0.2) is 4.98 Å². The van der Waals surface area contributed by atoms with Crippen LogP contribution in [0.25, 0.3) is 5.65 Å². The SMILES string of the molecule is Cc1ccc2nc(C[NH2+][C@H](c3ccc(CC(C)C)cc3)C(C)C)cc(=O)n2c1. The number of quaternary nitrogens is 1. The summed E-state index contributed by atoms with van der Waals surface area (Å²) < 4.78 is 1.62. The van der Waals surface area contributed by atoms with Crippen molar-refractivity contribution in [2.24, 2.45) is 11.8 Å². The Kier molecular flexibility index (Phi) is 6.30. The number of nitrogens with zero attached hydrogens (tertiary/aromatic N) is 2. The van der Waals surface area contributed by atoms with Crippen molar-refractivity contribution < 1.29 is 5.32 Å². The smallest absolute Gasteiger partial charge is 0.258 e. The van der Waals surface area contributed by atoms with Crippen LogP contribution in [0.3, 0.4) is 0 Å². The molecule has 0 fully saturated rings. The molecule has 4 heteroatoms. The first-order chi connectivity index (χ1) is 13.3. The molecular weight excluding hydrogens is 346 g/mol. The number of rotatable bonds is 7. The van der Waals surface area contributed by atoms with Crippen molar-refractivity contribution in [3.8, 4) is 0 Å². The normalized spacial score (nSPS) is 12.8. The number of aromatic nitrogens is 2. The Bertz CT molecular complexity index is 987. The third kappa shape index (κ3) is 4.87. The summed E-state index contributed by atoms with van der Waals surface area (Å²) in [5, 5.41) is 2.30. The molecule has 0 saturated carbocycles. The van der Waals surface area contributed by atoms with Crippen LogP contribution in [0, 0.1) is 18.8 Å². The standard InChI is InChI=1S/C24H31N3O/c1-16(2)12-19-7-9-20(10-8-19)24(17(3)4)25-14-21-13-23(28)27-15-18(5)6-11-22(27)26-21/h6-11,13,15-17,24-25H,12,14H2,1-5H3/p+1/t24-/m0/s1. The zero-order valence-corrected chi connectivity index (χ0v) is 17.6. The van der Waals surface area contributed by atoms with Gasteiger partial charge in [-0.05, 0) is 36.5 Å². The Morgan fingerprint density at radius 2 is 1.75 bits per heavy atom. The van der Waals surface area contributed by atoms with E-state index in [0.29, 0.717) is 30.1 Å². The summed E-state index contributed by atoms with van der Waals surface area (Å²) >= 11 is 0. The Morgan fingerprint density at radius 3 is 2.39 bits per heavy atom. The number of hydrogen-bond donors (Lipinski definition) is 1. The predicted molar refractivity (Wildman–Crippen MR) is 114 cm³/mol. The van der Waals surface area contributed by atoms with E-state index in [-0.39, 0.29) is 5.56 Å². The van der Waals surface area contributed by atoms with Crippen molar-refractivity contribution in [1.29, 1.82) is 0 Å². The summed E-state index contributed by atoms with van der Waals surface area (Å²) in [5.74, 6) is 1.15. The van der Waals surface area contributed by atoms with Crippen LogP contribution in [-0.4, -0.2) is 9.38 Å². The lowest BCUT2D eigenvalue weighted by Crippen LogP contribution is -2.84. The monoisotopic (exact) mass is 378 g/mol. The minimum atomic E-state index is -0.0174. The Labute approximate surface area is 167 Å². The molecule has 1 aromatic carbocycles. The first-order valence-electron chi connectivity index (χ1n) is 10.2. The van der Waals surface area contributed by atoms with Crippen LogP contribution in [0.4, 0.5) is 0 Å². The molecule has 148 valence electrons. The van der Waals surface area contributed by atoms with Crippen molar-refractivity contribution in [3.63, 3.8) is 0 Å². The summed E-state index contributed by atoms with van der Waals surface area (Å²) in [6, 6.07) is 14.9. The minimum absolute atomic E-state index is 0.0174. The average Bonchev–Trinajstić information content (AvgIpc) is 2.63. The molecule has 0 saturated heterocycles. The largest absolute Gasteiger partial charge is 0.335 e. The number of nitrogens with two attached hydrogens (primary N) is 1. The molecule has 0 amide bonds. The molecule has 0 aliphatic heterocycles. The van der Waals surface area contributed by atoms with Crippen LogP contribution in [-0.2, 0) is 13.0 Å². The number of pyridine rings is 1. The molecule has 28 heavy (non-hydrogen) atoms. The maximum absolute atomic E-state index is 12.4. The van der Waals surface area contributed by atoms with E-state index in [4.69, 9.17) is 0 Å². The predicted octanol–water partition coefficient (Wildman–Crippen LogP) is 3.66. The lowest BCUT2D eigenvalue weighted by atomic mass is 9.93. The van der Waals surface area contributed by atoms with Crippen LogP contribution in [0.15, 0.2) is 53.5 Å². The Balaban J connectivity index is 1.77. The molecule has 1 atom stereocenters. The molecule has 3 aromatic rings. The zero-order valence-electron chi connectivity index (χ0n) is 17.6. The highest BCUT2D eigenvalue weighted by molar-refractivity contribution is 5.39. The van der Waals surface area contributed by atoms with Crippen LogP contribution < -0.4 is 10.9 Å². The van der Waals surface area contributed by atoms with Crippen LogP contribution in [0.2, 0.25) is 0 Å². The summed E-state index contributed by atoms with van der Waals surface area (Å²) in [7, 11) is 0. The molecule has 0 aliphatic carbocycles. The van der Waals surface area contributed by atoms with E-state index in [0.717, 1.165) is 17.7 Å². The maximum Gasteiger partial charge on any atom is 0.258 e. The quantitative estimate of drug-likeness (QED) is 0.682. The van der Waals surface area contributed by atoms with Crippen molar-refractivity contribution in [1.82, 2.24) is 9.38 Å². The molecule has 2 N–H and O–H groups in total. The van der Waals surface area contributed by atoms with Gasteiger partial charge in [0.1, 0.15) is 23.9 Å². The lowest BCUT2D eigenvalue weighted by molar-refractivity contribution is -0.717. The van der Waals surface area contributed by atoms with E-state index >= 15 is 0 Å². The second kappa shape index (κ2) is 8.70. The third-order valence-electron chi connectivity index (χ3n) is 5.17. The Morgan fingerprint density at radius 1 is 1.04 bits per heavy atom. The number of aryl methyl sites for hydroxylation is 1. The zero-order chi connectivity index (χ0) is 20.3. The number of fused-ring (bicyclic) bond motifs is 1. The maximum atomic E-state index is 12.4. The fourth-order valence-corrected chi connectivity index (χ4v) is 3.75. The lowest BCUT2D eigenvalue weighted by Gasteiger charge is -2.20. The van der Waals surface area contributed by atoms with Crippen molar-refractivity contribution >= 4 is 5.65 Å². The first kappa shape index (κ1) is 20.3. The highest BCUT2D eigenvalue weighted by Crippen LogP contribution is 2.19. The topological polar surface area (TPSA) is 51.0 Å². The van der Waals surface area contributed by atoms with E-state index < -0.39 is 0 Å². The molecule has 4 nitrogen and oxygen atoms in total. The Hall–Kier alpha value is -2.46. The molecule has 0 bridgehead atoms. The average molecular weight is 379 g/mol. The molecular formula is C24H32N3O+. The van der Waals surface area contributed by atoms with Gasteiger partial charge in [0, 0.05) is 23.7 Å². The van der Waals surface area contributed by atoms with Gasteiger partial charge in [0.15, 0.2) is 0 Å². The molecule has 0 spiro atoms. The van der Waals surface area contributed by atoms with Gasteiger partial charge >= 0.3 is 0 Å². The van der Waals surface area contributed by atoms with Crippen LogP contribution in [0.1, 0.15) is 56.1 Å². The van der Waals surface area contributed by atoms with Gasteiger partial charge in [0.25, 0.3) is 5.56 Å². The molecule has 2 aromatic heterocycles. The highest BCUT2D eigenvalue weighted by Gasteiger charge is 2.19. The van der Waals surface area contributed by atoms with Gasteiger partial charge in [-0.15, -0.1) is 0 Å². The number of benzene rings is 1. The summed E-state index contributed by atoms with van der Waals surface area (Å²) in [5.41, 5.74) is 5.29. The van der Waals surface area contributed by atoms with Crippen molar-refractivity contribution in [2.75, 3.05) is 0 Å². The van der Waals surface area contributed by atoms with Gasteiger partial charge in [-0.3, -0.25) is 9.20 Å². The van der Waals surface area contributed by atoms with Crippen LogP contribution >= 0.6 is 0 Å². The molecule has 0 aliphatic rings. The minimum Gasteiger partial charge on any atom is -0.335 e. The van der Waals surface area contributed by atoms with E-state index in [1.165, 1.54) is 11.1 Å². The molecule has 0 radical (unpaired) electrons. The van der Waals surface area contributed by atoms with Gasteiger partial charge in [-0.2, -0.15) is 0 Å². The second-order valence-corrected chi connectivity index (χ2v) is 8.57. The van der Waals surface area contributed by atoms with Gasteiger partial charge < -0.3 is 5.32 Å². The first-order valence-corrected chi connectivity index (χ1v) is 10.2. The molecule has 2 heterocycles. The van der Waals surface area contributed by atoms with Crippen molar-refractivity contribution in [3.05, 3.63) is 81.4 Å². The van der Waals surface area contributed by atoms with Gasteiger partial charge in [-0.1, -0.05) is 58.0 Å². The van der Waals surface area contributed by atoms with E-state index in [1.807, 2.05) is 25.3 Å². The molecule has 0 unspecified atom stereocenters. The summed E-state index contributed by atoms with van der Waals surface area (Å²) in [6.07, 6.45) is 2.95. The van der Waals surface area contributed by atoms with Gasteiger partial charge in [0.2, 0.25) is 0 Å². The van der Waals surface area contributed by atoms with Crippen LogP contribution in [0.5, 0.6) is 0 Å². The third-order valence-corrected chi connectivity index (χ3v) is 5.17. The van der Waals surface area contributed by atoms with E-state index in [1.54, 1.807) is 10.5 Å². The van der Waals surface area contributed by atoms with E-state index in [9.17, 15) is 4.79 Å². The van der Waals surface area contributed by atoms with Gasteiger partial charge in [0.05, 0.1) is 0 Å². The van der Waals surface area contributed by atoms with E-state index in [2.05, 4.69) is 62.3 Å². The second-order valence-electron chi connectivity index (χ2n) is 8.57. The summed E-state index contributed by atoms with van der Waals surface area (Å²) in [4.78, 5) is 17.1.